The fourth-order valence-electron chi connectivity index (χ4n) is 2.98. The second-order valence-electron chi connectivity index (χ2n) is 6.31. The first kappa shape index (κ1) is 18.9. The molecule has 4 nitrogen and oxygen atoms in total. The van der Waals surface area contributed by atoms with Gasteiger partial charge in [-0.15, -0.1) is 0 Å². The normalized spacial score (nSPS) is 10.7. The smallest absolute Gasteiger partial charge is 0.257 e. The van der Waals surface area contributed by atoms with E-state index in [1.54, 1.807) is 24.1 Å². The standard InChI is InChI=1S/C22H23FN2O2/c1-27-15-14-25(22(26)20-11-5-6-12-21(20)23)17-19-10-7-13-24(19)16-18-8-3-2-4-9-18/h2-13H,14-17H2,1H3. The number of hydrogen-bond acceptors (Lipinski definition) is 2. The highest BCUT2D eigenvalue weighted by Gasteiger charge is 2.20. The summed E-state index contributed by atoms with van der Waals surface area (Å²) in [6.07, 6.45) is 1.99. The topological polar surface area (TPSA) is 34.5 Å². The molecule has 140 valence electrons. The monoisotopic (exact) mass is 366 g/mol. The molecule has 27 heavy (non-hydrogen) atoms. The Morgan fingerprint density at radius 1 is 1.04 bits per heavy atom. The number of amides is 1. The second-order valence-corrected chi connectivity index (χ2v) is 6.31. The zero-order valence-electron chi connectivity index (χ0n) is 15.3. The molecule has 0 aliphatic heterocycles. The molecule has 0 fully saturated rings. The maximum Gasteiger partial charge on any atom is 0.257 e. The summed E-state index contributed by atoms with van der Waals surface area (Å²) in [6, 6.07) is 20.1. The molecule has 3 rings (SSSR count). The molecule has 0 unspecified atom stereocenters. The molecule has 0 bridgehead atoms. The lowest BCUT2D eigenvalue weighted by molar-refractivity contribution is 0.0671. The molecule has 0 saturated heterocycles. The van der Waals surface area contributed by atoms with Crippen LogP contribution in [-0.4, -0.2) is 35.6 Å². The van der Waals surface area contributed by atoms with Crippen LogP contribution >= 0.6 is 0 Å². The van der Waals surface area contributed by atoms with Crippen molar-refractivity contribution in [1.29, 1.82) is 0 Å². The predicted octanol–water partition coefficient (Wildman–Crippen LogP) is 3.96. The van der Waals surface area contributed by atoms with Crippen molar-refractivity contribution in [3.8, 4) is 0 Å². The molecule has 0 atom stereocenters. The number of aromatic nitrogens is 1. The number of hydrogen-bond donors (Lipinski definition) is 0. The van der Waals surface area contributed by atoms with Crippen molar-refractivity contribution >= 4 is 5.91 Å². The zero-order chi connectivity index (χ0) is 19.1. The Morgan fingerprint density at radius 3 is 2.52 bits per heavy atom. The molecule has 1 amide bonds. The van der Waals surface area contributed by atoms with Gasteiger partial charge in [0.15, 0.2) is 0 Å². The Balaban J connectivity index is 1.80. The van der Waals surface area contributed by atoms with Gasteiger partial charge < -0.3 is 14.2 Å². The van der Waals surface area contributed by atoms with Gasteiger partial charge in [-0.2, -0.15) is 0 Å². The van der Waals surface area contributed by atoms with E-state index in [0.29, 0.717) is 19.7 Å². The van der Waals surface area contributed by atoms with Crippen LogP contribution in [0.15, 0.2) is 72.9 Å². The first-order chi connectivity index (χ1) is 13.2. The van der Waals surface area contributed by atoms with Crippen LogP contribution in [0.1, 0.15) is 21.6 Å². The van der Waals surface area contributed by atoms with Crippen molar-refractivity contribution in [2.75, 3.05) is 20.3 Å². The summed E-state index contributed by atoms with van der Waals surface area (Å²) in [5, 5.41) is 0. The number of ether oxygens (including phenoxy) is 1. The van der Waals surface area contributed by atoms with Crippen molar-refractivity contribution in [3.05, 3.63) is 95.6 Å². The number of carbonyl (C=O) groups is 1. The number of nitrogens with zero attached hydrogens (tertiary/aromatic N) is 2. The molecule has 0 aliphatic carbocycles. The Morgan fingerprint density at radius 2 is 1.78 bits per heavy atom. The van der Waals surface area contributed by atoms with Crippen molar-refractivity contribution in [2.24, 2.45) is 0 Å². The van der Waals surface area contributed by atoms with Gasteiger partial charge in [0.25, 0.3) is 5.91 Å². The van der Waals surface area contributed by atoms with Gasteiger partial charge in [-0.05, 0) is 29.8 Å². The Labute approximate surface area is 158 Å². The molecule has 1 heterocycles. The first-order valence-electron chi connectivity index (χ1n) is 8.89. The second kappa shape index (κ2) is 9.14. The summed E-state index contributed by atoms with van der Waals surface area (Å²) in [6.45, 7) is 1.88. The van der Waals surface area contributed by atoms with Gasteiger partial charge in [0.05, 0.1) is 18.7 Å². The molecule has 0 N–H and O–H groups in total. The van der Waals surface area contributed by atoms with E-state index in [2.05, 4.69) is 16.7 Å². The molecule has 5 heteroatoms. The first-order valence-corrected chi connectivity index (χ1v) is 8.89. The van der Waals surface area contributed by atoms with E-state index in [1.165, 1.54) is 17.7 Å². The lowest BCUT2D eigenvalue weighted by Gasteiger charge is -2.23. The van der Waals surface area contributed by atoms with Crippen molar-refractivity contribution in [1.82, 2.24) is 9.47 Å². The third kappa shape index (κ3) is 4.83. The summed E-state index contributed by atoms with van der Waals surface area (Å²) in [7, 11) is 1.59. The summed E-state index contributed by atoms with van der Waals surface area (Å²) >= 11 is 0. The summed E-state index contributed by atoms with van der Waals surface area (Å²) in [4.78, 5) is 14.5. The molecule has 0 radical (unpaired) electrons. The van der Waals surface area contributed by atoms with Gasteiger partial charge in [-0.1, -0.05) is 42.5 Å². The van der Waals surface area contributed by atoms with Gasteiger partial charge in [0, 0.05) is 32.1 Å². The van der Waals surface area contributed by atoms with Crippen LogP contribution in [0.25, 0.3) is 0 Å². The number of halogens is 1. The Bertz CT molecular complexity index is 877. The van der Waals surface area contributed by atoms with Gasteiger partial charge >= 0.3 is 0 Å². The SMILES string of the molecule is COCCN(Cc1cccn1Cc1ccccc1)C(=O)c1ccccc1F. The number of benzene rings is 2. The molecule has 0 saturated carbocycles. The number of methoxy groups -OCH3 is 1. The summed E-state index contributed by atoms with van der Waals surface area (Å²) in [5.41, 5.74) is 2.24. The largest absolute Gasteiger partial charge is 0.383 e. The number of carbonyl (C=O) groups excluding carboxylic acids is 1. The molecule has 2 aromatic carbocycles. The third-order valence-electron chi connectivity index (χ3n) is 4.43. The van der Waals surface area contributed by atoms with Crippen LogP contribution in [0.4, 0.5) is 4.39 Å². The van der Waals surface area contributed by atoms with E-state index >= 15 is 0 Å². The van der Waals surface area contributed by atoms with Crippen LogP contribution < -0.4 is 0 Å². The molecule has 0 aliphatic rings. The van der Waals surface area contributed by atoms with E-state index in [4.69, 9.17) is 4.74 Å². The van der Waals surface area contributed by atoms with Crippen molar-refractivity contribution < 1.29 is 13.9 Å². The maximum absolute atomic E-state index is 14.1. The minimum Gasteiger partial charge on any atom is -0.383 e. The van der Waals surface area contributed by atoms with Crippen molar-refractivity contribution in [3.63, 3.8) is 0 Å². The maximum atomic E-state index is 14.1. The summed E-state index contributed by atoms with van der Waals surface area (Å²) in [5.74, 6) is -0.845. The van der Waals surface area contributed by atoms with Crippen molar-refractivity contribution in [2.45, 2.75) is 13.1 Å². The molecule has 3 aromatic rings. The fraction of sp³-hybridized carbons (Fsp3) is 0.227. The summed E-state index contributed by atoms with van der Waals surface area (Å²) < 4.78 is 21.3. The van der Waals surface area contributed by atoms with E-state index in [0.717, 1.165) is 12.2 Å². The fourth-order valence-corrected chi connectivity index (χ4v) is 2.98. The Hall–Kier alpha value is -2.92. The van der Waals surface area contributed by atoms with Gasteiger partial charge in [-0.3, -0.25) is 4.79 Å². The molecular weight excluding hydrogens is 343 g/mol. The lowest BCUT2D eigenvalue weighted by atomic mass is 10.1. The minimum atomic E-state index is -0.510. The highest BCUT2D eigenvalue weighted by atomic mass is 19.1. The molecule has 0 spiro atoms. The number of rotatable bonds is 8. The van der Waals surface area contributed by atoms with E-state index in [-0.39, 0.29) is 11.5 Å². The highest BCUT2D eigenvalue weighted by molar-refractivity contribution is 5.94. The minimum absolute atomic E-state index is 0.0785. The third-order valence-corrected chi connectivity index (χ3v) is 4.43. The predicted molar refractivity (Wildman–Crippen MR) is 103 cm³/mol. The van der Waals surface area contributed by atoms with Crippen LogP contribution in [0.2, 0.25) is 0 Å². The van der Waals surface area contributed by atoms with Crippen LogP contribution in [0, 0.1) is 5.82 Å². The zero-order valence-corrected chi connectivity index (χ0v) is 15.3. The average Bonchev–Trinajstić information content (AvgIpc) is 3.12. The highest BCUT2D eigenvalue weighted by Crippen LogP contribution is 2.15. The van der Waals surface area contributed by atoms with Crippen LogP contribution in [0.3, 0.4) is 0 Å². The van der Waals surface area contributed by atoms with E-state index in [9.17, 15) is 9.18 Å². The van der Waals surface area contributed by atoms with E-state index < -0.39 is 5.82 Å². The van der Waals surface area contributed by atoms with Gasteiger partial charge in [0.2, 0.25) is 0 Å². The van der Waals surface area contributed by atoms with E-state index in [1.807, 2.05) is 36.5 Å². The lowest BCUT2D eigenvalue weighted by Crippen LogP contribution is -2.34. The van der Waals surface area contributed by atoms with Crippen LogP contribution in [0.5, 0.6) is 0 Å². The van der Waals surface area contributed by atoms with Gasteiger partial charge in [0.1, 0.15) is 5.82 Å². The molecular formula is C22H23FN2O2. The Kier molecular flexibility index (Phi) is 6.39. The quantitative estimate of drug-likeness (QED) is 0.605. The average molecular weight is 366 g/mol. The molecule has 1 aromatic heterocycles. The van der Waals surface area contributed by atoms with Crippen LogP contribution in [-0.2, 0) is 17.8 Å². The van der Waals surface area contributed by atoms with Gasteiger partial charge in [-0.25, -0.2) is 4.39 Å².